The number of nitrogens with one attached hydrogen (secondary N) is 1. The van der Waals surface area contributed by atoms with Crippen molar-refractivity contribution < 1.29 is 9.59 Å². The second kappa shape index (κ2) is 7.38. The largest absolute Gasteiger partial charge is 0.369 e. The lowest BCUT2D eigenvalue weighted by molar-refractivity contribution is -0.128. The predicted molar refractivity (Wildman–Crippen MR) is 79.5 cm³/mol. The van der Waals surface area contributed by atoms with Crippen LogP contribution in [0.25, 0.3) is 0 Å². The third kappa shape index (κ3) is 4.99. The van der Waals surface area contributed by atoms with E-state index in [1.165, 1.54) is 0 Å². The highest BCUT2D eigenvalue weighted by Gasteiger charge is 2.26. The highest BCUT2D eigenvalue weighted by atomic mass is 35.5. The minimum atomic E-state index is -0.358. The summed E-state index contributed by atoms with van der Waals surface area (Å²) in [5.41, 5.74) is 6.09. The van der Waals surface area contributed by atoms with E-state index >= 15 is 0 Å². The van der Waals surface area contributed by atoms with Crippen molar-refractivity contribution in [1.29, 1.82) is 0 Å². The Morgan fingerprint density at radius 2 is 2.29 bits per heavy atom. The number of carbonyl (C=O) groups is 2. The molecule has 2 amide bonds. The summed E-state index contributed by atoms with van der Waals surface area (Å²) in [5, 5.41) is 3.33. The average Bonchev–Trinajstić information content (AvgIpc) is 2.46. The van der Waals surface area contributed by atoms with Gasteiger partial charge in [-0.25, -0.2) is 4.98 Å². The van der Waals surface area contributed by atoms with Crippen LogP contribution in [0.3, 0.4) is 0 Å². The second-order valence-corrected chi connectivity index (χ2v) is 5.63. The molecule has 1 aliphatic rings. The molecule has 0 bridgehead atoms. The Labute approximate surface area is 128 Å². The molecule has 21 heavy (non-hydrogen) atoms. The summed E-state index contributed by atoms with van der Waals surface area (Å²) in [5.74, 6) is -0.458. The number of pyridine rings is 1. The number of amides is 2. The van der Waals surface area contributed by atoms with E-state index in [9.17, 15) is 9.59 Å². The Morgan fingerprint density at radius 1 is 1.48 bits per heavy atom. The summed E-state index contributed by atoms with van der Waals surface area (Å²) in [4.78, 5) is 29.0. The summed E-state index contributed by atoms with van der Waals surface area (Å²) in [6.45, 7) is 2.03. The van der Waals surface area contributed by atoms with Crippen LogP contribution in [-0.2, 0) is 16.1 Å². The van der Waals surface area contributed by atoms with Gasteiger partial charge in [-0.1, -0.05) is 17.7 Å². The van der Waals surface area contributed by atoms with Gasteiger partial charge in [0.15, 0.2) is 0 Å². The summed E-state index contributed by atoms with van der Waals surface area (Å²) in [6, 6.07) is 3.52. The maximum absolute atomic E-state index is 12.2. The van der Waals surface area contributed by atoms with Crippen molar-refractivity contribution in [2.45, 2.75) is 19.4 Å². The maximum atomic E-state index is 12.2. The van der Waals surface area contributed by atoms with Crippen LogP contribution < -0.4 is 11.1 Å². The highest BCUT2D eigenvalue weighted by Crippen LogP contribution is 2.16. The van der Waals surface area contributed by atoms with Crippen molar-refractivity contribution in [3.63, 3.8) is 0 Å². The van der Waals surface area contributed by atoms with Gasteiger partial charge in [0, 0.05) is 19.3 Å². The topological polar surface area (TPSA) is 88.3 Å². The molecule has 1 unspecified atom stereocenters. The molecule has 2 heterocycles. The zero-order valence-electron chi connectivity index (χ0n) is 11.7. The number of nitrogens with two attached hydrogens (primary N) is 1. The van der Waals surface area contributed by atoms with Gasteiger partial charge in [-0.2, -0.15) is 0 Å². The van der Waals surface area contributed by atoms with Crippen molar-refractivity contribution >= 4 is 23.4 Å². The average molecular weight is 311 g/mol. The molecule has 114 valence electrons. The fraction of sp³-hybridized carbons (Fsp3) is 0.500. The first-order valence-electron chi connectivity index (χ1n) is 6.93. The maximum Gasteiger partial charge on any atom is 0.231 e. The van der Waals surface area contributed by atoms with E-state index in [0.29, 0.717) is 18.2 Å². The van der Waals surface area contributed by atoms with E-state index < -0.39 is 0 Å². The molecule has 0 aromatic carbocycles. The molecule has 1 saturated heterocycles. The fourth-order valence-electron chi connectivity index (χ4n) is 2.48. The quantitative estimate of drug-likeness (QED) is 0.777. The van der Waals surface area contributed by atoms with Crippen LogP contribution in [0.4, 0.5) is 0 Å². The number of hydrogen-bond donors (Lipinski definition) is 2. The van der Waals surface area contributed by atoms with Gasteiger partial charge in [0.2, 0.25) is 11.8 Å². The first-order valence-corrected chi connectivity index (χ1v) is 7.31. The first kappa shape index (κ1) is 15.7. The Kier molecular flexibility index (Phi) is 5.52. The fourth-order valence-corrected chi connectivity index (χ4v) is 2.59. The van der Waals surface area contributed by atoms with Gasteiger partial charge in [0.05, 0.1) is 12.5 Å². The zero-order chi connectivity index (χ0) is 15.2. The van der Waals surface area contributed by atoms with Crippen LogP contribution in [0.2, 0.25) is 5.15 Å². The number of likely N-dealkylation sites (tertiary alicyclic amines) is 1. The lowest BCUT2D eigenvalue weighted by atomic mass is 9.97. The summed E-state index contributed by atoms with van der Waals surface area (Å²) in [7, 11) is 0. The predicted octanol–water partition coefficient (Wildman–Crippen LogP) is 0.549. The van der Waals surface area contributed by atoms with Crippen LogP contribution in [-0.4, -0.2) is 41.3 Å². The first-order chi connectivity index (χ1) is 10.0. The summed E-state index contributed by atoms with van der Waals surface area (Å²) in [6.07, 6.45) is 3.37. The Balaban J connectivity index is 1.82. The van der Waals surface area contributed by atoms with E-state index in [4.69, 9.17) is 17.3 Å². The summed E-state index contributed by atoms with van der Waals surface area (Å²) < 4.78 is 0. The molecule has 1 fully saturated rings. The number of primary amides is 1. The molecule has 7 heteroatoms. The molecule has 3 N–H and O–H groups in total. The normalized spacial score (nSPS) is 19.2. The molecule has 1 aliphatic heterocycles. The Hall–Kier alpha value is -1.66. The molecule has 1 atom stereocenters. The number of aromatic nitrogens is 1. The van der Waals surface area contributed by atoms with E-state index in [1.807, 2.05) is 11.0 Å². The smallest absolute Gasteiger partial charge is 0.231 e. The Bertz CT molecular complexity index is 506. The molecule has 6 nitrogen and oxygen atoms in total. The van der Waals surface area contributed by atoms with E-state index in [2.05, 4.69) is 10.3 Å². The molecule has 1 aromatic heterocycles. The number of carbonyl (C=O) groups excluding carboxylic acids is 2. The van der Waals surface area contributed by atoms with Gasteiger partial charge >= 0.3 is 0 Å². The van der Waals surface area contributed by atoms with Gasteiger partial charge in [-0.3, -0.25) is 14.5 Å². The van der Waals surface area contributed by atoms with Crippen molar-refractivity contribution in [3.05, 3.63) is 29.0 Å². The zero-order valence-corrected chi connectivity index (χ0v) is 12.5. The van der Waals surface area contributed by atoms with Gasteiger partial charge < -0.3 is 11.1 Å². The van der Waals surface area contributed by atoms with E-state index in [1.54, 1.807) is 12.3 Å². The molecule has 0 radical (unpaired) electrons. The van der Waals surface area contributed by atoms with E-state index in [-0.39, 0.29) is 24.3 Å². The van der Waals surface area contributed by atoms with Crippen LogP contribution in [0.15, 0.2) is 18.3 Å². The summed E-state index contributed by atoms with van der Waals surface area (Å²) >= 11 is 5.71. The van der Waals surface area contributed by atoms with Crippen molar-refractivity contribution in [1.82, 2.24) is 15.2 Å². The van der Waals surface area contributed by atoms with E-state index in [0.717, 1.165) is 24.9 Å². The molecule has 2 rings (SSSR count). The number of nitrogens with zero attached hydrogens (tertiary/aromatic N) is 2. The molecular weight excluding hydrogens is 292 g/mol. The molecular formula is C14H19ClN4O2. The third-order valence-electron chi connectivity index (χ3n) is 3.51. The number of hydrogen-bond acceptors (Lipinski definition) is 4. The lowest BCUT2D eigenvalue weighted by Crippen LogP contribution is -2.45. The number of piperidine rings is 1. The van der Waals surface area contributed by atoms with Crippen LogP contribution >= 0.6 is 11.6 Å². The molecule has 0 aliphatic carbocycles. The van der Waals surface area contributed by atoms with Crippen LogP contribution in [0.1, 0.15) is 18.4 Å². The minimum Gasteiger partial charge on any atom is -0.369 e. The number of halogens is 1. The third-order valence-corrected chi connectivity index (χ3v) is 3.73. The monoisotopic (exact) mass is 310 g/mol. The number of rotatable bonds is 5. The SMILES string of the molecule is NC(=O)CN1CCCC(C(=O)NCc2ccc(Cl)nc2)C1. The van der Waals surface area contributed by atoms with Gasteiger partial charge in [-0.05, 0) is 31.0 Å². The van der Waals surface area contributed by atoms with Crippen LogP contribution in [0.5, 0.6) is 0 Å². The minimum absolute atomic E-state index is 0.000814. The molecule has 1 aromatic rings. The van der Waals surface area contributed by atoms with Gasteiger partial charge in [0.1, 0.15) is 5.15 Å². The van der Waals surface area contributed by atoms with Gasteiger partial charge in [-0.15, -0.1) is 0 Å². The van der Waals surface area contributed by atoms with Crippen molar-refractivity contribution in [2.24, 2.45) is 11.7 Å². The molecule has 0 saturated carbocycles. The standard InChI is InChI=1S/C14H19ClN4O2/c15-12-4-3-10(6-17-12)7-18-14(21)11-2-1-5-19(8-11)9-13(16)20/h3-4,6,11H,1-2,5,7-9H2,(H2,16,20)(H,18,21). The highest BCUT2D eigenvalue weighted by molar-refractivity contribution is 6.29. The van der Waals surface area contributed by atoms with Crippen molar-refractivity contribution in [3.8, 4) is 0 Å². The van der Waals surface area contributed by atoms with Crippen molar-refractivity contribution in [2.75, 3.05) is 19.6 Å². The molecule has 0 spiro atoms. The second-order valence-electron chi connectivity index (χ2n) is 5.25. The van der Waals surface area contributed by atoms with Crippen LogP contribution in [0, 0.1) is 5.92 Å². The van der Waals surface area contributed by atoms with Gasteiger partial charge in [0.25, 0.3) is 0 Å². The lowest BCUT2D eigenvalue weighted by Gasteiger charge is -2.30. The Morgan fingerprint density at radius 3 is 2.95 bits per heavy atom.